The number of carbonyl (C=O) groups excluding carboxylic acids is 1. The summed E-state index contributed by atoms with van der Waals surface area (Å²) < 4.78 is 52.7. The molecule has 10 heteroatoms. The molecule has 2 fully saturated rings. The molecular weight excluding hydrogens is 433 g/mol. The second-order valence-corrected chi connectivity index (χ2v) is 10.6. The van der Waals surface area contributed by atoms with E-state index in [1.165, 1.54) is 0 Å². The molecule has 2 saturated heterocycles. The van der Waals surface area contributed by atoms with E-state index in [0.29, 0.717) is 11.0 Å². The number of amides is 1. The highest BCUT2D eigenvalue weighted by molar-refractivity contribution is 6.62. The Morgan fingerprint density at radius 3 is 2.33 bits per heavy atom. The van der Waals surface area contributed by atoms with Crippen LogP contribution in [0.5, 0.6) is 5.75 Å². The zero-order chi connectivity index (χ0) is 24.8. The van der Waals surface area contributed by atoms with Crippen LogP contribution in [0.4, 0.5) is 13.6 Å². The number of benzene rings is 1. The number of piperidine rings is 1. The van der Waals surface area contributed by atoms with Gasteiger partial charge in [0.1, 0.15) is 11.4 Å². The van der Waals surface area contributed by atoms with Gasteiger partial charge in [-0.3, -0.25) is 0 Å². The van der Waals surface area contributed by atoms with Crippen LogP contribution in [0.3, 0.4) is 0 Å². The molecule has 1 aromatic carbocycles. The van der Waals surface area contributed by atoms with Crippen LogP contribution in [0.1, 0.15) is 60.5 Å². The molecule has 1 unspecified atom stereocenters. The first kappa shape index (κ1) is 25.4. The minimum absolute atomic E-state index is 0.0668. The maximum atomic E-state index is 14.9. The number of nitrogens with zero attached hydrogens (tertiary/aromatic N) is 1. The van der Waals surface area contributed by atoms with Gasteiger partial charge in [0, 0.05) is 24.7 Å². The number of hydrogen-bond donors (Lipinski definition) is 1. The Hall–Kier alpha value is -2.20. The summed E-state index contributed by atoms with van der Waals surface area (Å²) in [4.78, 5) is 13.2. The van der Waals surface area contributed by atoms with Crippen molar-refractivity contribution in [2.24, 2.45) is 0 Å². The van der Waals surface area contributed by atoms with E-state index in [9.17, 15) is 13.6 Å². The lowest BCUT2D eigenvalue weighted by Crippen LogP contribution is -2.56. The molecule has 2 heterocycles. The Morgan fingerprint density at radius 2 is 1.82 bits per heavy atom. The number of halogens is 2. The van der Waals surface area contributed by atoms with Crippen molar-refractivity contribution in [2.45, 2.75) is 83.7 Å². The normalized spacial score (nSPS) is 23.8. The molecule has 0 radical (unpaired) electrons. The molecule has 3 rings (SSSR count). The number of carbonyl (C=O) groups is 1. The van der Waals surface area contributed by atoms with Gasteiger partial charge < -0.3 is 29.1 Å². The highest BCUT2D eigenvalue weighted by Crippen LogP contribution is 2.37. The first-order valence-electron chi connectivity index (χ1n) is 11.1. The van der Waals surface area contributed by atoms with Crippen LogP contribution in [-0.4, -0.2) is 66.2 Å². The molecule has 0 saturated carbocycles. The van der Waals surface area contributed by atoms with Gasteiger partial charge in [-0.25, -0.2) is 13.6 Å². The van der Waals surface area contributed by atoms with E-state index in [-0.39, 0.29) is 18.7 Å². The summed E-state index contributed by atoms with van der Waals surface area (Å²) in [6.45, 7) is 12.1. The van der Waals surface area contributed by atoms with Crippen molar-refractivity contribution in [1.82, 2.24) is 4.90 Å². The molecule has 0 spiro atoms. The van der Waals surface area contributed by atoms with Crippen LogP contribution < -0.4 is 10.2 Å². The maximum Gasteiger partial charge on any atom is 0.494 e. The first-order chi connectivity index (χ1) is 15.0. The number of hydrogen-bond acceptors (Lipinski definition) is 6. The summed E-state index contributed by atoms with van der Waals surface area (Å²) in [5, 5.41) is 7.75. The molecule has 1 N–H and O–H groups in total. The van der Waals surface area contributed by atoms with Gasteiger partial charge in [0.05, 0.1) is 17.7 Å². The van der Waals surface area contributed by atoms with Crippen molar-refractivity contribution in [1.29, 1.82) is 5.41 Å². The number of rotatable bonds is 4. The van der Waals surface area contributed by atoms with Gasteiger partial charge in [-0.15, -0.1) is 0 Å². The standard InChI is InChI=1S/C23H33BF2N2O5/c1-20(2,3)31-19(29)28-11-10-18(23(25,26)14-28)30-17-9-8-16(12-15(17)13-27)24-32-21(4,5)22(6,7)33-24/h8-9,12-13,18,27H,10-11,14H2,1-7H3. The van der Waals surface area contributed by atoms with E-state index in [2.05, 4.69) is 0 Å². The molecule has 1 amide bonds. The lowest BCUT2D eigenvalue weighted by atomic mass is 9.78. The summed E-state index contributed by atoms with van der Waals surface area (Å²) in [7, 11) is -0.638. The van der Waals surface area contributed by atoms with E-state index < -0.39 is 48.6 Å². The van der Waals surface area contributed by atoms with E-state index in [1.807, 2.05) is 27.7 Å². The topological polar surface area (TPSA) is 81.1 Å². The predicted molar refractivity (Wildman–Crippen MR) is 122 cm³/mol. The third-order valence-electron chi connectivity index (χ3n) is 6.17. The Balaban J connectivity index is 1.72. The van der Waals surface area contributed by atoms with Crippen molar-refractivity contribution in [3.05, 3.63) is 23.8 Å². The molecule has 2 aliphatic rings. The third kappa shape index (κ3) is 5.49. The second-order valence-electron chi connectivity index (χ2n) is 10.6. The van der Waals surface area contributed by atoms with E-state index in [0.717, 1.165) is 11.1 Å². The largest absolute Gasteiger partial charge is 0.494 e. The predicted octanol–water partition coefficient (Wildman–Crippen LogP) is 4.01. The Labute approximate surface area is 194 Å². The van der Waals surface area contributed by atoms with Crippen molar-refractivity contribution < 1.29 is 32.4 Å². The van der Waals surface area contributed by atoms with Crippen LogP contribution in [0.25, 0.3) is 0 Å². The van der Waals surface area contributed by atoms with Crippen LogP contribution in [0.2, 0.25) is 0 Å². The van der Waals surface area contributed by atoms with E-state index in [4.69, 9.17) is 24.2 Å². The maximum absolute atomic E-state index is 14.9. The smallest absolute Gasteiger partial charge is 0.483 e. The quantitative estimate of drug-likeness (QED) is 0.536. The van der Waals surface area contributed by atoms with Crippen molar-refractivity contribution in [2.75, 3.05) is 13.1 Å². The lowest BCUT2D eigenvalue weighted by Gasteiger charge is -2.38. The zero-order valence-electron chi connectivity index (χ0n) is 20.3. The van der Waals surface area contributed by atoms with Gasteiger partial charge in [-0.2, -0.15) is 0 Å². The highest BCUT2D eigenvalue weighted by atomic mass is 19.3. The average Bonchev–Trinajstić information content (AvgIpc) is 2.89. The third-order valence-corrected chi connectivity index (χ3v) is 6.17. The number of ether oxygens (including phenoxy) is 2. The van der Waals surface area contributed by atoms with Gasteiger partial charge in [-0.1, -0.05) is 6.07 Å². The number of nitrogens with one attached hydrogen (secondary N) is 1. The van der Waals surface area contributed by atoms with Gasteiger partial charge in [0.15, 0.2) is 6.10 Å². The Bertz CT molecular complexity index is 901. The molecule has 33 heavy (non-hydrogen) atoms. The van der Waals surface area contributed by atoms with Crippen molar-refractivity contribution >= 4 is 24.9 Å². The van der Waals surface area contributed by atoms with Crippen LogP contribution >= 0.6 is 0 Å². The van der Waals surface area contributed by atoms with Gasteiger partial charge >= 0.3 is 19.1 Å². The summed E-state index contributed by atoms with van der Waals surface area (Å²) in [6.07, 6.45) is -1.22. The van der Waals surface area contributed by atoms with Crippen LogP contribution in [0, 0.1) is 5.41 Å². The van der Waals surface area contributed by atoms with Gasteiger partial charge in [0.2, 0.25) is 0 Å². The minimum Gasteiger partial charge on any atom is -0.483 e. The molecule has 1 aromatic rings. The molecule has 0 bridgehead atoms. The Kier molecular flexibility index (Phi) is 6.58. The van der Waals surface area contributed by atoms with Crippen molar-refractivity contribution in [3.63, 3.8) is 0 Å². The molecule has 0 aliphatic carbocycles. The monoisotopic (exact) mass is 466 g/mol. The van der Waals surface area contributed by atoms with Crippen LogP contribution in [0.15, 0.2) is 18.2 Å². The summed E-state index contributed by atoms with van der Waals surface area (Å²) in [5.74, 6) is -3.11. The fourth-order valence-corrected chi connectivity index (χ4v) is 3.61. The van der Waals surface area contributed by atoms with Gasteiger partial charge in [-0.05, 0) is 66.1 Å². The Morgan fingerprint density at radius 1 is 1.21 bits per heavy atom. The first-order valence-corrected chi connectivity index (χ1v) is 11.1. The second kappa shape index (κ2) is 8.54. The summed E-state index contributed by atoms with van der Waals surface area (Å²) in [5.41, 5.74) is -0.806. The number of alkyl halides is 2. The fourth-order valence-electron chi connectivity index (χ4n) is 3.61. The summed E-state index contributed by atoms with van der Waals surface area (Å²) in [6, 6.07) is 4.90. The minimum atomic E-state index is -3.28. The van der Waals surface area contributed by atoms with Crippen LogP contribution in [-0.2, 0) is 14.0 Å². The summed E-state index contributed by atoms with van der Waals surface area (Å²) >= 11 is 0. The lowest BCUT2D eigenvalue weighted by molar-refractivity contribution is -0.137. The molecule has 2 aliphatic heterocycles. The van der Waals surface area contributed by atoms with E-state index in [1.54, 1.807) is 39.0 Å². The molecule has 0 aromatic heterocycles. The zero-order valence-corrected chi connectivity index (χ0v) is 20.3. The molecular formula is C23H33BF2N2O5. The molecule has 1 atom stereocenters. The SMILES string of the molecule is CC(C)(C)OC(=O)N1CCC(Oc2ccc(B3OC(C)(C)C(C)(C)O3)cc2C=N)C(F)(F)C1. The van der Waals surface area contributed by atoms with E-state index >= 15 is 0 Å². The molecule has 7 nitrogen and oxygen atoms in total. The van der Waals surface area contributed by atoms with Gasteiger partial charge in [0.25, 0.3) is 0 Å². The number of likely N-dealkylation sites (tertiary alicyclic amines) is 1. The van der Waals surface area contributed by atoms with Crippen molar-refractivity contribution in [3.8, 4) is 5.75 Å². The molecule has 182 valence electrons. The highest BCUT2D eigenvalue weighted by Gasteiger charge is 2.52. The fraction of sp³-hybridized carbons (Fsp3) is 0.652. The average molecular weight is 466 g/mol.